The summed E-state index contributed by atoms with van der Waals surface area (Å²) in [5, 5.41) is 0. The summed E-state index contributed by atoms with van der Waals surface area (Å²) in [6.45, 7) is 7.76. The van der Waals surface area contributed by atoms with Gasteiger partial charge in [0.2, 0.25) is 0 Å². The summed E-state index contributed by atoms with van der Waals surface area (Å²) in [6, 6.07) is 13.9. The topological polar surface area (TPSA) is 52.6 Å². The van der Waals surface area contributed by atoms with Crippen molar-refractivity contribution >= 4 is 10.1 Å². The van der Waals surface area contributed by atoms with Crippen LogP contribution in [0.5, 0.6) is 5.75 Å². The van der Waals surface area contributed by atoms with Gasteiger partial charge < -0.3 is 4.74 Å². The van der Waals surface area contributed by atoms with E-state index >= 15 is 0 Å². The summed E-state index contributed by atoms with van der Waals surface area (Å²) in [4.78, 5) is 0.163. The van der Waals surface area contributed by atoms with Gasteiger partial charge in [0.1, 0.15) is 11.9 Å². The van der Waals surface area contributed by atoms with Crippen molar-refractivity contribution in [3.63, 3.8) is 0 Å². The van der Waals surface area contributed by atoms with Crippen molar-refractivity contribution in [2.75, 3.05) is 7.11 Å². The van der Waals surface area contributed by atoms with E-state index in [1.807, 2.05) is 39.8 Å². The van der Waals surface area contributed by atoms with E-state index in [0.717, 1.165) is 11.1 Å². The number of methoxy groups -OCH3 is 1. The molecule has 0 radical (unpaired) electrons. The van der Waals surface area contributed by atoms with E-state index in [1.54, 1.807) is 43.5 Å². The molecule has 0 heterocycles. The first-order valence-corrected chi connectivity index (χ1v) is 9.18. The van der Waals surface area contributed by atoms with Crippen molar-refractivity contribution < 1.29 is 17.3 Å². The van der Waals surface area contributed by atoms with Gasteiger partial charge in [0.05, 0.1) is 12.0 Å². The summed E-state index contributed by atoms with van der Waals surface area (Å²) >= 11 is 0. The van der Waals surface area contributed by atoms with Crippen molar-refractivity contribution in [3.05, 3.63) is 59.7 Å². The number of ether oxygens (including phenoxy) is 1. The van der Waals surface area contributed by atoms with Crippen LogP contribution in [0, 0.1) is 12.3 Å². The molecule has 0 fully saturated rings. The molecule has 4 nitrogen and oxygen atoms in total. The largest absolute Gasteiger partial charge is 0.497 e. The molecule has 0 aromatic heterocycles. The molecule has 2 aromatic carbocycles. The van der Waals surface area contributed by atoms with Crippen LogP contribution in [0.1, 0.15) is 38.0 Å². The molecule has 1 atom stereocenters. The number of rotatable bonds is 5. The van der Waals surface area contributed by atoms with Crippen LogP contribution in [0.15, 0.2) is 53.4 Å². The first kappa shape index (κ1) is 18.5. The first-order valence-electron chi connectivity index (χ1n) is 7.77. The lowest BCUT2D eigenvalue weighted by molar-refractivity contribution is 0.0933. The van der Waals surface area contributed by atoms with Crippen LogP contribution in [0.25, 0.3) is 0 Å². The predicted octanol–water partition coefficient (Wildman–Crippen LogP) is 4.50. The van der Waals surface area contributed by atoms with Gasteiger partial charge in [0.25, 0.3) is 10.1 Å². The van der Waals surface area contributed by atoms with E-state index in [0.29, 0.717) is 5.75 Å². The van der Waals surface area contributed by atoms with Gasteiger partial charge in [-0.25, -0.2) is 0 Å². The second-order valence-corrected chi connectivity index (χ2v) is 8.45. The Labute approximate surface area is 144 Å². The van der Waals surface area contributed by atoms with Crippen LogP contribution in [0.2, 0.25) is 0 Å². The van der Waals surface area contributed by atoms with Crippen molar-refractivity contribution in [1.29, 1.82) is 0 Å². The highest BCUT2D eigenvalue weighted by atomic mass is 32.2. The molecule has 0 N–H and O–H groups in total. The normalized spacial score (nSPS) is 13.5. The van der Waals surface area contributed by atoms with E-state index < -0.39 is 21.6 Å². The van der Waals surface area contributed by atoms with Crippen LogP contribution >= 0.6 is 0 Å². The molecular weight excluding hydrogens is 324 g/mol. The zero-order chi connectivity index (χ0) is 18.0. The van der Waals surface area contributed by atoms with Crippen LogP contribution in [-0.2, 0) is 14.3 Å². The van der Waals surface area contributed by atoms with Crippen molar-refractivity contribution in [3.8, 4) is 5.75 Å². The van der Waals surface area contributed by atoms with Gasteiger partial charge in [-0.3, -0.25) is 4.18 Å². The van der Waals surface area contributed by atoms with Gasteiger partial charge in [-0.15, -0.1) is 0 Å². The Morgan fingerprint density at radius 2 is 1.46 bits per heavy atom. The molecule has 0 amide bonds. The molecular formula is C19H24O4S. The lowest BCUT2D eigenvalue weighted by atomic mass is 9.85. The van der Waals surface area contributed by atoms with E-state index in [1.165, 1.54) is 0 Å². The smallest absolute Gasteiger partial charge is 0.297 e. The molecule has 24 heavy (non-hydrogen) atoms. The fourth-order valence-electron chi connectivity index (χ4n) is 2.37. The third-order valence-corrected chi connectivity index (χ3v) is 5.03. The average Bonchev–Trinajstić information content (AvgIpc) is 2.52. The van der Waals surface area contributed by atoms with Gasteiger partial charge in [-0.05, 0) is 42.2 Å². The minimum absolute atomic E-state index is 0.163. The maximum atomic E-state index is 12.7. The minimum Gasteiger partial charge on any atom is -0.497 e. The highest BCUT2D eigenvalue weighted by Crippen LogP contribution is 2.39. The molecule has 0 saturated heterocycles. The second-order valence-electron chi connectivity index (χ2n) is 6.88. The van der Waals surface area contributed by atoms with E-state index in [2.05, 4.69) is 0 Å². The van der Waals surface area contributed by atoms with Gasteiger partial charge in [-0.1, -0.05) is 50.6 Å². The Bertz CT molecular complexity index is 770. The molecule has 0 bridgehead atoms. The van der Waals surface area contributed by atoms with Gasteiger partial charge in [0.15, 0.2) is 0 Å². The number of aryl methyl sites for hydroxylation is 1. The van der Waals surface area contributed by atoms with Crippen molar-refractivity contribution in [1.82, 2.24) is 0 Å². The highest BCUT2D eigenvalue weighted by molar-refractivity contribution is 7.86. The SMILES string of the molecule is COc1ccc(C(OS(=O)(=O)c2ccc(C)cc2)C(C)(C)C)cc1. The summed E-state index contributed by atoms with van der Waals surface area (Å²) in [5.41, 5.74) is 1.39. The monoisotopic (exact) mass is 348 g/mol. The summed E-state index contributed by atoms with van der Waals surface area (Å²) < 4.78 is 36.1. The Morgan fingerprint density at radius 3 is 1.92 bits per heavy atom. The Balaban J connectivity index is 2.36. The van der Waals surface area contributed by atoms with E-state index in [-0.39, 0.29) is 4.90 Å². The van der Waals surface area contributed by atoms with Gasteiger partial charge in [0, 0.05) is 0 Å². The van der Waals surface area contributed by atoms with Crippen LogP contribution in [0.3, 0.4) is 0 Å². The van der Waals surface area contributed by atoms with Gasteiger partial charge >= 0.3 is 0 Å². The molecule has 0 spiro atoms. The Hall–Kier alpha value is -1.85. The fourth-order valence-corrected chi connectivity index (χ4v) is 3.60. The zero-order valence-electron chi connectivity index (χ0n) is 14.7. The standard InChI is InChI=1S/C19H24O4S/c1-14-6-12-17(13-7-14)24(20,21)23-18(19(2,3)4)15-8-10-16(22-5)11-9-15/h6-13,18H,1-5H3. The maximum Gasteiger partial charge on any atom is 0.297 e. The van der Waals surface area contributed by atoms with Gasteiger partial charge in [-0.2, -0.15) is 8.42 Å². The Morgan fingerprint density at radius 1 is 0.917 bits per heavy atom. The Kier molecular flexibility index (Phi) is 5.35. The van der Waals surface area contributed by atoms with E-state index in [9.17, 15) is 8.42 Å². The second kappa shape index (κ2) is 6.95. The molecule has 2 aromatic rings. The van der Waals surface area contributed by atoms with Crippen molar-refractivity contribution in [2.24, 2.45) is 5.41 Å². The molecule has 2 rings (SSSR count). The molecule has 0 aliphatic carbocycles. The lowest BCUT2D eigenvalue weighted by Crippen LogP contribution is -2.24. The predicted molar refractivity (Wildman–Crippen MR) is 94.6 cm³/mol. The van der Waals surface area contributed by atoms with Crippen molar-refractivity contribution in [2.45, 2.75) is 38.7 Å². The number of hydrogen-bond acceptors (Lipinski definition) is 4. The van der Waals surface area contributed by atoms with Crippen LogP contribution in [-0.4, -0.2) is 15.5 Å². The lowest BCUT2D eigenvalue weighted by Gasteiger charge is -2.30. The maximum absolute atomic E-state index is 12.7. The average molecular weight is 348 g/mol. The first-order chi connectivity index (χ1) is 11.1. The molecule has 5 heteroatoms. The molecule has 0 aliphatic rings. The third kappa shape index (κ3) is 4.36. The number of benzene rings is 2. The number of hydrogen-bond donors (Lipinski definition) is 0. The minimum atomic E-state index is -3.85. The fraction of sp³-hybridized carbons (Fsp3) is 0.368. The molecule has 130 valence electrons. The summed E-state index contributed by atoms with van der Waals surface area (Å²) in [5.74, 6) is 0.716. The molecule has 0 saturated carbocycles. The highest BCUT2D eigenvalue weighted by Gasteiger charge is 2.32. The summed E-state index contributed by atoms with van der Waals surface area (Å²) in [7, 11) is -2.26. The quantitative estimate of drug-likeness (QED) is 0.747. The zero-order valence-corrected chi connectivity index (χ0v) is 15.6. The van der Waals surface area contributed by atoms with E-state index in [4.69, 9.17) is 8.92 Å². The van der Waals surface area contributed by atoms with Crippen LogP contribution < -0.4 is 4.74 Å². The molecule has 0 aliphatic heterocycles. The molecule has 1 unspecified atom stereocenters. The van der Waals surface area contributed by atoms with Crippen LogP contribution in [0.4, 0.5) is 0 Å². The third-order valence-electron chi connectivity index (χ3n) is 3.74. The summed E-state index contributed by atoms with van der Waals surface area (Å²) in [6.07, 6.45) is -0.602.